The molecule has 0 radical (unpaired) electrons. The fourth-order valence-corrected chi connectivity index (χ4v) is 3.47. The van der Waals surface area contributed by atoms with E-state index in [1.807, 2.05) is 11.0 Å². The van der Waals surface area contributed by atoms with E-state index in [1.165, 1.54) is 10.9 Å². The maximum Gasteiger partial charge on any atom is 0.224 e. The Morgan fingerprint density at radius 3 is 3.20 bits per heavy atom. The van der Waals surface area contributed by atoms with Crippen molar-refractivity contribution in [3.63, 3.8) is 0 Å². The summed E-state index contributed by atoms with van der Waals surface area (Å²) in [7, 11) is 0. The molecule has 0 spiro atoms. The van der Waals surface area contributed by atoms with Crippen LogP contribution in [0.1, 0.15) is 24.8 Å². The summed E-state index contributed by atoms with van der Waals surface area (Å²) in [6, 6.07) is 8.49. The van der Waals surface area contributed by atoms with Gasteiger partial charge >= 0.3 is 0 Å². The highest BCUT2D eigenvalue weighted by atomic mass is 16.5. The first-order valence-electron chi connectivity index (χ1n) is 7.31. The Bertz CT molecular complexity index is 649. The second-order valence-corrected chi connectivity index (χ2v) is 5.70. The van der Waals surface area contributed by atoms with Crippen LogP contribution in [0.2, 0.25) is 0 Å². The van der Waals surface area contributed by atoms with Gasteiger partial charge in [0.05, 0.1) is 12.6 Å². The van der Waals surface area contributed by atoms with E-state index < -0.39 is 0 Å². The van der Waals surface area contributed by atoms with Gasteiger partial charge in [-0.2, -0.15) is 0 Å². The van der Waals surface area contributed by atoms with E-state index in [0.717, 1.165) is 24.8 Å². The molecule has 1 aromatic heterocycles. The van der Waals surface area contributed by atoms with Gasteiger partial charge < -0.3 is 14.6 Å². The van der Waals surface area contributed by atoms with E-state index in [4.69, 9.17) is 4.74 Å². The number of nitrogens with one attached hydrogen (secondary N) is 1. The number of piperidine rings is 1. The summed E-state index contributed by atoms with van der Waals surface area (Å²) in [6.45, 7) is 0.663. The Balaban J connectivity index is 1.61. The minimum absolute atomic E-state index is 0.0199. The summed E-state index contributed by atoms with van der Waals surface area (Å²) < 4.78 is 5.80. The summed E-state index contributed by atoms with van der Waals surface area (Å²) in [4.78, 5) is 17.4. The molecule has 1 aromatic carbocycles. The zero-order chi connectivity index (χ0) is 13.5. The number of amides is 1. The van der Waals surface area contributed by atoms with Crippen molar-refractivity contribution in [2.45, 2.75) is 38.0 Å². The summed E-state index contributed by atoms with van der Waals surface area (Å²) >= 11 is 0. The van der Waals surface area contributed by atoms with Crippen molar-refractivity contribution < 1.29 is 9.53 Å². The average molecular weight is 270 g/mol. The van der Waals surface area contributed by atoms with Crippen LogP contribution in [0.25, 0.3) is 10.9 Å². The van der Waals surface area contributed by atoms with E-state index in [1.54, 1.807) is 0 Å². The number of nitrogens with zero attached hydrogens (tertiary/aromatic N) is 1. The summed E-state index contributed by atoms with van der Waals surface area (Å²) in [6.07, 6.45) is 5.56. The Morgan fingerprint density at radius 2 is 2.25 bits per heavy atom. The Kier molecular flexibility index (Phi) is 2.77. The van der Waals surface area contributed by atoms with Crippen molar-refractivity contribution in [3.05, 3.63) is 36.0 Å². The molecule has 104 valence electrons. The van der Waals surface area contributed by atoms with Gasteiger partial charge in [0, 0.05) is 23.5 Å². The number of hydrogen-bond acceptors (Lipinski definition) is 2. The van der Waals surface area contributed by atoms with Crippen molar-refractivity contribution >= 4 is 16.8 Å². The predicted octanol–water partition coefficient (Wildman–Crippen LogP) is 2.45. The molecular formula is C16H18N2O2. The predicted molar refractivity (Wildman–Crippen MR) is 76.2 cm³/mol. The van der Waals surface area contributed by atoms with Gasteiger partial charge in [0.25, 0.3) is 0 Å². The molecule has 1 amide bonds. The molecule has 0 bridgehead atoms. The van der Waals surface area contributed by atoms with Gasteiger partial charge in [0.15, 0.2) is 0 Å². The summed E-state index contributed by atoms with van der Waals surface area (Å²) in [5.74, 6) is 0.253. The van der Waals surface area contributed by atoms with Crippen LogP contribution in [0.5, 0.6) is 0 Å². The third kappa shape index (κ3) is 1.83. The lowest BCUT2D eigenvalue weighted by atomic mass is 10.0. The van der Waals surface area contributed by atoms with Crippen LogP contribution >= 0.6 is 0 Å². The van der Waals surface area contributed by atoms with Crippen molar-refractivity contribution in [1.29, 1.82) is 0 Å². The van der Waals surface area contributed by atoms with Gasteiger partial charge in [-0.15, -0.1) is 0 Å². The normalized spacial score (nSPS) is 26.2. The standard InChI is InChI=1S/C16H18N2O2/c19-15-6-3-7-16-18(15)12(10-20-16)8-11-9-17-14-5-2-1-4-13(11)14/h1-2,4-5,9,12,16-17H,3,6-8,10H2/t12-,16+/m1/s1. The second kappa shape index (κ2) is 4.63. The smallest absolute Gasteiger partial charge is 0.224 e. The molecule has 4 rings (SSSR count). The van der Waals surface area contributed by atoms with Gasteiger partial charge in [0.2, 0.25) is 5.91 Å². The molecule has 2 aliphatic rings. The van der Waals surface area contributed by atoms with E-state index >= 15 is 0 Å². The summed E-state index contributed by atoms with van der Waals surface area (Å²) in [5.41, 5.74) is 2.43. The van der Waals surface area contributed by atoms with Crippen LogP contribution < -0.4 is 0 Å². The molecular weight excluding hydrogens is 252 g/mol. The molecule has 0 saturated carbocycles. The molecule has 20 heavy (non-hydrogen) atoms. The minimum atomic E-state index is 0.0199. The zero-order valence-electron chi connectivity index (χ0n) is 11.3. The van der Waals surface area contributed by atoms with Crippen LogP contribution in [-0.4, -0.2) is 34.7 Å². The van der Waals surface area contributed by atoms with E-state index in [0.29, 0.717) is 13.0 Å². The fourth-order valence-electron chi connectivity index (χ4n) is 3.47. The highest BCUT2D eigenvalue weighted by Crippen LogP contribution is 2.30. The molecule has 4 heteroatoms. The first-order valence-corrected chi connectivity index (χ1v) is 7.31. The van der Waals surface area contributed by atoms with Gasteiger partial charge in [-0.3, -0.25) is 4.79 Å². The molecule has 2 saturated heterocycles. The molecule has 0 aliphatic carbocycles. The molecule has 2 aliphatic heterocycles. The lowest BCUT2D eigenvalue weighted by Gasteiger charge is -2.31. The molecule has 4 nitrogen and oxygen atoms in total. The fraction of sp³-hybridized carbons (Fsp3) is 0.438. The monoisotopic (exact) mass is 270 g/mol. The largest absolute Gasteiger partial charge is 0.361 e. The number of aromatic amines is 1. The number of benzene rings is 1. The first kappa shape index (κ1) is 12.0. The lowest BCUT2D eigenvalue weighted by molar-refractivity contribution is -0.142. The molecule has 1 N–H and O–H groups in total. The van der Waals surface area contributed by atoms with Crippen LogP contribution in [0.3, 0.4) is 0 Å². The van der Waals surface area contributed by atoms with Crippen LogP contribution in [0.15, 0.2) is 30.5 Å². The van der Waals surface area contributed by atoms with Gasteiger partial charge in [-0.25, -0.2) is 0 Å². The highest BCUT2D eigenvalue weighted by Gasteiger charge is 2.39. The van der Waals surface area contributed by atoms with Crippen molar-refractivity contribution in [2.24, 2.45) is 0 Å². The number of H-pyrrole nitrogens is 1. The van der Waals surface area contributed by atoms with Gasteiger partial charge in [-0.1, -0.05) is 18.2 Å². The number of hydrogen-bond donors (Lipinski definition) is 1. The number of aromatic nitrogens is 1. The highest BCUT2D eigenvalue weighted by molar-refractivity contribution is 5.83. The quantitative estimate of drug-likeness (QED) is 0.911. The molecule has 3 heterocycles. The van der Waals surface area contributed by atoms with Gasteiger partial charge in [0.1, 0.15) is 6.23 Å². The van der Waals surface area contributed by atoms with Crippen molar-refractivity contribution in [3.8, 4) is 0 Å². The van der Waals surface area contributed by atoms with Crippen LogP contribution in [0, 0.1) is 0 Å². The SMILES string of the molecule is O=C1CCC[C@@H]2OC[C@@H](Cc3c[nH]c4ccccc34)N12. The third-order valence-corrected chi connectivity index (χ3v) is 4.44. The van der Waals surface area contributed by atoms with E-state index in [2.05, 4.69) is 29.4 Å². The average Bonchev–Trinajstić information content (AvgIpc) is 3.06. The van der Waals surface area contributed by atoms with Crippen LogP contribution in [-0.2, 0) is 16.0 Å². The topological polar surface area (TPSA) is 45.3 Å². The lowest BCUT2D eigenvalue weighted by Crippen LogP contribution is -2.45. The molecule has 0 unspecified atom stereocenters. The van der Waals surface area contributed by atoms with Crippen LogP contribution in [0.4, 0.5) is 0 Å². The Hall–Kier alpha value is -1.81. The number of fused-ring (bicyclic) bond motifs is 2. The molecule has 2 aromatic rings. The number of para-hydroxylation sites is 1. The zero-order valence-corrected chi connectivity index (χ0v) is 11.3. The first-order chi connectivity index (χ1) is 9.83. The number of carbonyl (C=O) groups excluding carboxylic acids is 1. The summed E-state index contributed by atoms with van der Waals surface area (Å²) in [5, 5.41) is 1.25. The molecule has 2 fully saturated rings. The number of ether oxygens (including phenoxy) is 1. The molecule has 2 atom stereocenters. The Labute approximate surface area is 117 Å². The second-order valence-electron chi connectivity index (χ2n) is 5.70. The number of rotatable bonds is 2. The van der Waals surface area contributed by atoms with Crippen molar-refractivity contribution in [1.82, 2.24) is 9.88 Å². The Morgan fingerprint density at radius 1 is 1.35 bits per heavy atom. The maximum atomic E-state index is 12.1. The minimum Gasteiger partial charge on any atom is -0.361 e. The number of carbonyl (C=O) groups is 1. The van der Waals surface area contributed by atoms with Gasteiger partial charge in [-0.05, 0) is 30.9 Å². The maximum absolute atomic E-state index is 12.1. The van der Waals surface area contributed by atoms with Crippen molar-refractivity contribution in [2.75, 3.05) is 6.61 Å². The van der Waals surface area contributed by atoms with E-state index in [-0.39, 0.29) is 18.2 Å². The third-order valence-electron chi connectivity index (χ3n) is 4.44. The van der Waals surface area contributed by atoms with E-state index in [9.17, 15) is 4.79 Å².